The number of hydrogen-bond acceptors (Lipinski definition) is 12. The zero-order chi connectivity index (χ0) is 53.4. The average Bonchev–Trinajstić information content (AvgIpc) is 3.54. The summed E-state index contributed by atoms with van der Waals surface area (Å²) in [6.45, 7) is 11.0. The molecule has 11 rings (SSSR count). The van der Waals surface area contributed by atoms with Crippen LogP contribution in [-0.4, -0.2) is 75.0 Å². The van der Waals surface area contributed by atoms with Gasteiger partial charge in [-0.25, -0.2) is 0 Å². The molecular formula is C51H51Br5O12Si8. The van der Waals surface area contributed by atoms with E-state index in [9.17, 15) is 4.80 Å². The fourth-order valence-corrected chi connectivity index (χ4v) is 55.3. The number of rotatable bonds is 10. The minimum atomic E-state index is -5.12. The molecule has 0 saturated carbocycles. The molecule has 0 aromatic heterocycles. The molecule has 4 aliphatic heterocycles. The monoisotopic (exact) mass is 1470 g/mol. The molecule has 0 radical (unpaired) electrons. The van der Waals surface area contributed by atoms with Gasteiger partial charge in [0.2, 0.25) is 0 Å². The smallest absolute Gasteiger partial charge is 0.391 e. The summed E-state index contributed by atoms with van der Waals surface area (Å²) in [5, 5.41) is 3.30. The molecule has 76 heavy (non-hydrogen) atoms. The lowest BCUT2D eigenvalue weighted by Gasteiger charge is -2.60. The lowest BCUT2D eigenvalue weighted by molar-refractivity contribution is 0.0245. The van der Waals surface area contributed by atoms with Gasteiger partial charge in [-0.3, -0.25) is 0 Å². The van der Waals surface area contributed by atoms with Crippen LogP contribution in [0.25, 0.3) is 0 Å². The Labute approximate surface area is 493 Å². The van der Waals surface area contributed by atoms with Crippen molar-refractivity contribution >= 4 is 186 Å². The van der Waals surface area contributed by atoms with Gasteiger partial charge in [0.05, 0.1) is 0 Å². The van der Waals surface area contributed by atoms with Gasteiger partial charge >= 0.3 is 70.2 Å². The fourth-order valence-electron chi connectivity index (χ4n) is 10.2. The summed E-state index contributed by atoms with van der Waals surface area (Å²) >= 11 is 18.4. The highest BCUT2D eigenvalue weighted by Gasteiger charge is 2.82. The molecule has 4 saturated heterocycles. The van der Waals surface area contributed by atoms with Gasteiger partial charge < -0.3 is 50.1 Å². The van der Waals surface area contributed by atoms with Crippen molar-refractivity contribution in [3.63, 3.8) is 0 Å². The van der Waals surface area contributed by atoms with Gasteiger partial charge in [-0.1, -0.05) is 229 Å². The van der Waals surface area contributed by atoms with Crippen molar-refractivity contribution in [1.29, 1.82) is 0 Å². The molecule has 12 nitrogen and oxygen atoms in total. The Bertz CT molecular complexity index is 3230. The van der Waals surface area contributed by atoms with Crippen LogP contribution in [0.5, 0.6) is 0 Å². The summed E-state index contributed by atoms with van der Waals surface area (Å²) in [6.07, 6.45) is 0.824. The van der Waals surface area contributed by atoms with E-state index in [-0.39, 0.29) is 11.3 Å². The Balaban J connectivity index is 1.35. The second kappa shape index (κ2) is 21.2. The minimum Gasteiger partial charge on any atom is -0.391 e. The van der Waals surface area contributed by atoms with Gasteiger partial charge in [0, 0.05) is 58.7 Å². The highest BCUT2D eigenvalue weighted by Crippen LogP contribution is 2.47. The number of benzene rings is 7. The summed E-state index contributed by atoms with van der Waals surface area (Å²) in [6, 6.07) is 56.9. The van der Waals surface area contributed by atoms with Gasteiger partial charge in [-0.15, -0.1) is 0 Å². The summed E-state index contributed by atoms with van der Waals surface area (Å²) in [5.41, 5.74) is -0.0640. The predicted molar refractivity (Wildman–Crippen MR) is 325 cm³/mol. The lowest BCUT2D eigenvalue weighted by Crippen LogP contribution is -2.93. The second-order valence-electron chi connectivity index (χ2n) is 20.5. The molecule has 7 aromatic rings. The van der Waals surface area contributed by atoms with Crippen molar-refractivity contribution < 1.29 is 50.1 Å². The fraction of sp³-hybridized carbons (Fsp3) is 0.176. The third-order valence-corrected chi connectivity index (χ3v) is 49.5. The van der Waals surface area contributed by atoms with E-state index >= 15 is 0 Å². The Morgan fingerprint density at radius 1 is 0.355 bits per heavy atom. The van der Waals surface area contributed by atoms with Crippen LogP contribution in [0.2, 0.25) is 12.6 Å². The van der Waals surface area contributed by atoms with Crippen LogP contribution in [0.1, 0.15) is 34.1 Å². The molecule has 0 amide bonds. The van der Waals surface area contributed by atoms with E-state index in [1.165, 1.54) is 0 Å². The second-order valence-corrected chi connectivity index (χ2v) is 48.6. The van der Waals surface area contributed by atoms with Gasteiger partial charge in [0.1, 0.15) is 0 Å². The summed E-state index contributed by atoms with van der Waals surface area (Å²) in [7, 11) is -38.6. The quantitative estimate of drug-likeness (QED) is 0.132. The Morgan fingerprint density at radius 2 is 0.592 bits per heavy atom. The van der Waals surface area contributed by atoms with Crippen LogP contribution in [-0.2, 0) is 45.3 Å². The highest BCUT2D eigenvalue weighted by atomic mass is 79.9. The van der Waals surface area contributed by atoms with E-state index in [1.807, 2.05) is 176 Å². The third kappa shape index (κ3) is 11.0. The Morgan fingerprint density at radius 3 is 0.868 bits per heavy atom. The summed E-state index contributed by atoms with van der Waals surface area (Å²) in [5.74, 6) is 0.0330. The molecule has 4 aliphatic rings. The first kappa shape index (κ1) is 56.1. The third-order valence-electron chi connectivity index (χ3n) is 13.1. The molecule has 9 unspecified atom stereocenters. The summed E-state index contributed by atoms with van der Waals surface area (Å²) < 4.78 is 93.2. The molecule has 0 spiro atoms. The van der Waals surface area contributed by atoms with Crippen LogP contribution >= 0.6 is 79.6 Å². The van der Waals surface area contributed by atoms with Gasteiger partial charge in [0.25, 0.3) is 0 Å². The first-order valence-corrected chi connectivity index (χ1v) is 43.0. The van der Waals surface area contributed by atoms with Crippen LogP contribution in [0.4, 0.5) is 0 Å². The first-order valence-electron chi connectivity index (χ1n) is 24.4. The van der Waals surface area contributed by atoms with E-state index < -0.39 is 70.2 Å². The van der Waals surface area contributed by atoms with E-state index in [1.54, 1.807) is 12.1 Å². The lowest BCUT2D eigenvalue weighted by atomic mass is 9.86. The highest BCUT2D eigenvalue weighted by molar-refractivity contribution is 9.11. The molecule has 9 atom stereocenters. The van der Waals surface area contributed by atoms with Crippen molar-refractivity contribution in [1.82, 2.24) is 0 Å². The van der Waals surface area contributed by atoms with Crippen LogP contribution in [0, 0.1) is 11.3 Å². The van der Waals surface area contributed by atoms with Crippen molar-refractivity contribution in [3.8, 4) is 0 Å². The maximum Gasteiger partial charge on any atom is 0.520 e. The number of halogens is 5. The van der Waals surface area contributed by atoms with E-state index in [0.717, 1.165) is 28.8 Å². The van der Waals surface area contributed by atoms with Crippen LogP contribution < -0.4 is 36.3 Å². The van der Waals surface area contributed by atoms with Crippen molar-refractivity contribution in [2.24, 2.45) is 11.3 Å². The molecule has 7 aromatic carbocycles. The van der Waals surface area contributed by atoms with E-state index in [0.29, 0.717) is 42.4 Å². The van der Waals surface area contributed by atoms with Gasteiger partial charge in [-0.2, -0.15) is 0 Å². The molecule has 25 heteroatoms. The zero-order valence-corrected chi connectivity index (χ0v) is 57.6. The number of fused-ring (bicyclic) bond motifs is 4. The standard InChI is InChI=1S/C51H51Br5O12Si8/c1-38(36-51(2,3)4)37-69(5)58-71(45-12-8-6-9-13-45)62-73(48-30-20-41(54)21-31-48)60-70(57,44-26-16-39(52)17-27-44)61-74(49-32-22-42(55)23-33-49)63-72(59-69,47-28-18-40(53)19-29-47)65-75(64-71,46-14-10-7-11-15-46)68-76(66-73,67-74)50-34-24-43(56)25-35-50/h6-35,38,57H,36-37H2,1-5H3. The number of hydrogen-bond donors (Lipinski definition) is 1. The van der Waals surface area contributed by atoms with Crippen molar-refractivity contribution in [3.05, 3.63) is 204 Å². The van der Waals surface area contributed by atoms with Crippen molar-refractivity contribution in [2.45, 2.75) is 46.7 Å². The van der Waals surface area contributed by atoms with E-state index in [4.69, 9.17) is 45.3 Å². The van der Waals surface area contributed by atoms with Gasteiger partial charge in [0.15, 0.2) is 0 Å². The molecule has 394 valence electrons. The molecule has 6 bridgehead atoms. The maximum atomic E-state index is 14.3. The maximum absolute atomic E-state index is 14.3. The topological polar surface area (TPSA) is 122 Å². The molecule has 4 fully saturated rings. The normalized spacial score (nSPS) is 31.8. The average molecular weight is 1480 g/mol. The molecule has 1 N–H and O–H groups in total. The predicted octanol–water partition coefficient (Wildman–Crippen LogP) is 9.10. The minimum absolute atomic E-state index is 0.0330. The molecule has 0 aliphatic carbocycles. The first-order chi connectivity index (χ1) is 36.1. The van der Waals surface area contributed by atoms with Gasteiger partial charge in [-0.05, 0) is 91.0 Å². The largest absolute Gasteiger partial charge is 0.520 e. The zero-order valence-electron chi connectivity index (χ0n) is 41.6. The van der Waals surface area contributed by atoms with E-state index in [2.05, 4.69) is 107 Å². The SMILES string of the molecule is CC(CC(C)(C)C)C[Si]1(C)O[Si]2(c3ccccc3)O[Si]3(c4ccc(Br)cc4)O[Si](O)(c4ccc(Br)cc4)O[Si]4(c5ccc(Br)cc5)O[Si](c5ccc(Br)cc5)(O1)O[Si](c1ccccc1)(O2)O[Si](c1ccc(Br)cc1)(O3)O4. The van der Waals surface area contributed by atoms with Crippen LogP contribution in [0.3, 0.4) is 0 Å². The Kier molecular flexibility index (Phi) is 15.6. The van der Waals surface area contributed by atoms with Crippen LogP contribution in [0.15, 0.2) is 204 Å². The summed E-state index contributed by atoms with van der Waals surface area (Å²) in [4.78, 5) is 14.3. The molecular weight excluding hydrogens is 1430 g/mol. The van der Waals surface area contributed by atoms with Crippen molar-refractivity contribution in [2.75, 3.05) is 0 Å². The Hall–Kier alpha value is -1.80. The molecule has 4 heterocycles.